The molecule has 0 bridgehead atoms. The SMILES string of the molecule is O=Cc1ccc(-c2cccc3sc(C(=O)O)c(Cl)c23)cc1. The number of carbonyl (C=O) groups is 2. The van der Waals surface area contributed by atoms with Gasteiger partial charge >= 0.3 is 5.97 Å². The Hall–Kier alpha value is -2.17. The summed E-state index contributed by atoms with van der Waals surface area (Å²) in [7, 11) is 0. The van der Waals surface area contributed by atoms with Gasteiger partial charge in [-0.1, -0.05) is 48.0 Å². The van der Waals surface area contributed by atoms with Crippen LogP contribution in [-0.4, -0.2) is 17.4 Å². The third-order valence-electron chi connectivity index (χ3n) is 3.21. The fourth-order valence-electron chi connectivity index (χ4n) is 2.23. The third kappa shape index (κ3) is 2.33. The maximum Gasteiger partial charge on any atom is 0.347 e. The van der Waals surface area contributed by atoms with E-state index in [0.717, 1.165) is 38.8 Å². The molecule has 2 aromatic carbocycles. The van der Waals surface area contributed by atoms with Crippen LogP contribution in [0.5, 0.6) is 0 Å². The number of rotatable bonds is 3. The highest BCUT2D eigenvalue weighted by Gasteiger charge is 2.18. The van der Waals surface area contributed by atoms with Crippen LogP contribution >= 0.6 is 22.9 Å². The van der Waals surface area contributed by atoms with Crippen LogP contribution in [-0.2, 0) is 0 Å². The first-order valence-corrected chi connectivity index (χ1v) is 7.31. The number of fused-ring (bicyclic) bond motifs is 1. The summed E-state index contributed by atoms with van der Waals surface area (Å²) in [5.74, 6) is -1.02. The van der Waals surface area contributed by atoms with E-state index in [9.17, 15) is 14.7 Å². The summed E-state index contributed by atoms with van der Waals surface area (Å²) in [6.07, 6.45) is 0.782. The Kier molecular flexibility index (Phi) is 3.49. The van der Waals surface area contributed by atoms with Crippen molar-refractivity contribution in [3.63, 3.8) is 0 Å². The minimum Gasteiger partial charge on any atom is -0.477 e. The predicted octanol–water partition coefficient (Wildman–Crippen LogP) is 4.73. The van der Waals surface area contributed by atoms with Crippen molar-refractivity contribution in [1.29, 1.82) is 0 Å². The number of aldehydes is 1. The molecule has 5 heteroatoms. The molecule has 0 saturated heterocycles. The van der Waals surface area contributed by atoms with Gasteiger partial charge < -0.3 is 5.11 Å². The third-order valence-corrected chi connectivity index (χ3v) is 4.84. The lowest BCUT2D eigenvalue weighted by atomic mass is 10.0. The number of carboxylic acids is 1. The highest BCUT2D eigenvalue weighted by molar-refractivity contribution is 7.21. The standard InChI is InChI=1S/C16H9ClO3S/c17-14-13-11(10-6-4-9(8-18)5-7-10)2-1-3-12(13)21-15(14)16(19)20/h1-8H,(H,19,20). The van der Waals surface area contributed by atoms with Crippen LogP contribution in [0.15, 0.2) is 42.5 Å². The molecule has 21 heavy (non-hydrogen) atoms. The van der Waals surface area contributed by atoms with Crippen LogP contribution in [0.1, 0.15) is 20.0 Å². The Bertz CT molecular complexity index is 850. The number of aromatic carboxylic acids is 1. The second kappa shape index (κ2) is 5.31. The summed E-state index contributed by atoms with van der Waals surface area (Å²) in [5.41, 5.74) is 2.34. The zero-order chi connectivity index (χ0) is 15.0. The Balaban J connectivity index is 2.26. The van der Waals surface area contributed by atoms with Gasteiger partial charge in [-0.25, -0.2) is 4.79 Å². The molecule has 0 saturated carbocycles. The molecule has 0 radical (unpaired) electrons. The Morgan fingerprint density at radius 2 is 1.86 bits per heavy atom. The minimum atomic E-state index is -1.02. The van der Waals surface area contributed by atoms with E-state index in [4.69, 9.17) is 11.6 Å². The lowest BCUT2D eigenvalue weighted by molar-refractivity contribution is 0.0702. The average molecular weight is 317 g/mol. The molecule has 0 unspecified atom stereocenters. The molecular weight excluding hydrogens is 308 g/mol. The molecule has 0 spiro atoms. The smallest absolute Gasteiger partial charge is 0.347 e. The molecule has 0 amide bonds. The molecule has 1 aromatic heterocycles. The molecule has 1 N–H and O–H groups in total. The second-order valence-corrected chi connectivity index (χ2v) is 5.90. The van der Waals surface area contributed by atoms with E-state index >= 15 is 0 Å². The highest BCUT2D eigenvalue weighted by Crippen LogP contribution is 2.41. The molecule has 0 aliphatic carbocycles. The lowest BCUT2D eigenvalue weighted by Gasteiger charge is -2.04. The van der Waals surface area contributed by atoms with Gasteiger partial charge in [-0.15, -0.1) is 11.3 Å². The number of carboxylic acid groups (broad SMARTS) is 1. The number of hydrogen-bond acceptors (Lipinski definition) is 3. The monoisotopic (exact) mass is 316 g/mol. The summed E-state index contributed by atoms with van der Waals surface area (Å²) < 4.78 is 0.828. The van der Waals surface area contributed by atoms with Crippen molar-refractivity contribution in [2.45, 2.75) is 0 Å². The predicted molar refractivity (Wildman–Crippen MR) is 84.6 cm³/mol. The highest BCUT2D eigenvalue weighted by atomic mass is 35.5. The van der Waals surface area contributed by atoms with E-state index < -0.39 is 5.97 Å². The van der Waals surface area contributed by atoms with Gasteiger partial charge in [0.2, 0.25) is 0 Å². The van der Waals surface area contributed by atoms with Crippen LogP contribution in [0.2, 0.25) is 5.02 Å². The van der Waals surface area contributed by atoms with Gasteiger partial charge in [0.25, 0.3) is 0 Å². The molecule has 0 aliphatic rings. The normalized spacial score (nSPS) is 10.7. The fraction of sp³-hybridized carbons (Fsp3) is 0. The Morgan fingerprint density at radius 1 is 1.14 bits per heavy atom. The van der Waals surface area contributed by atoms with Crippen LogP contribution in [0.25, 0.3) is 21.2 Å². The van der Waals surface area contributed by atoms with E-state index in [-0.39, 0.29) is 9.90 Å². The first-order chi connectivity index (χ1) is 10.1. The van der Waals surface area contributed by atoms with Crippen molar-refractivity contribution in [2.24, 2.45) is 0 Å². The van der Waals surface area contributed by atoms with E-state index in [2.05, 4.69) is 0 Å². The molecule has 0 aliphatic heterocycles. The summed E-state index contributed by atoms with van der Waals surface area (Å²) in [6.45, 7) is 0. The number of hydrogen-bond donors (Lipinski definition) is 1. The number of benzene rings is 2. The van der Waals surface area contributed by atoms with Crippen molar-refractivity contribution in [1.82, 2.24) is 0 Å². The zero-order valence-corrected chi connectivity index (χ0v) is 12.2. The van der Waals surface area contributed by atoms with E-state index in [1.54, 1.807) is 12.1 Å². The van der Waals surface area contributed by atoms with Crippen LogP contribution in [0.4, 0.5) is 0 Å². The summed E-state index contributed by atoms with van der Waals surface area (Å²) >= 11 is 7.40. The van der Waals surface area contributed by atoms with Gasteiger partial charge in [0, 0.05) is 15.6 Å². The number of thiophene rings is 1. The Labute approximate surface area is 129 Å². The molecule has 1 heterocycles. The second-order valence-electron chi connectivity index (χ2n) is 4.47. The van der Waals surface area contributed by atoms with Crippen molar-refractivity contribution in [3.05, 3.63) is 57.9 Å². The van der Waals surface area contributed by atoms with Crippen molar-refractivity contribution in [2.75, 3.05) is 0 Å². The van der Waals surface area contributed by atoms with Crippen molar-refractivity contribution >= 4 is 45.3 Å². The number of carbonyl (C=O) groups excluding carboxylic acids is 1. The van der Waals surface area contributed by atoms with Crippen molar-refractivity contribution < 1.29 is 14.7 Å². The topological polar surface area (TPSA) is 54.4 Å². The van der Waals surface area contributed by atoms with Gasteiger partial charge in [-0.2, -0.15) is 0 Å². The molecule has 104 valence electrons. The van der Waals surface area contributed by atoms with Gasteiger partial charge in [0.05, 0.1) is 5.02 Å². The van der Waals surface area contributed by atoms with Gasteiger partial charge in [0.1, 0.15) is 11.2 Å². The molecule has 3 rings (SSSR count). The van der Waals surface area contributed by atoms with E-state index in [0.29, 0.717) is 5.56 Å². The molecular formula is C16H9ClO3S. The lowest BCUT2D eigenvalue weighted by Crippen LogP contribution is -1.91. The van der Waals surface area contributed by atoms with Crippen LogP contribution in [0.3, 0.4) is 0 Å². The number of halogens is 1. The van der Waals surface area contributed by atoms with E-state index in [1.165, 1.54) is 0 Å². The molecule has 3 nitrogen and oxygen atoms in total. The quantitative estimate of drug-likeness (QED) is 0.710. The van der Waals surface area contributed by atoms with Gasteiger partial charge in [-0.3, -0.25) is 4.79 Å². The summed E-state index contributed by atoms with van der Waals surface area (Å²) in [5, 5.41) is 10.2. The molecule has 0 fully saturated rings. The largest absolute Gasteiger partial charge is 0.477 e. The van der Waals surface area contributed by atoms with Crippen LogP contribution < -0.4 is 0 Å². The van der Waals surface area contributed by atoms with Crippen molar-refractivity contribution in [3.8, 4) is 11.1 Å². The van der Waals surface area contributed by atoms with Gasteiger partial charge in [-0.05, 0) is 17.2 Å². The van der Waals surface area contributed by atoms with E-state index in [1.807, 2.05) is 30.3 Å². The Morgan fingerprint density at radius 3 is 2.48 bits per heavy atom. The minimum absolute atomic E-state index is 0.142. The maximum atomic E-state index is 11.2. The van der Waals surface area contributed by atoms with Gasteiger partial charge in [0.15, 0.2) is 0 Å². The first kappa shape index (κ1) is 13.8. The first-order valence-electron chi connectivity index (χ1n) is 6.11. The molecule has 0 atom stereocenters. The van der Waals surface area contributed by atoms with Crippen LogP contribution in [0, 0.1) is 0 Å². The average Bonchev–Trinajstić information content (AvgIpc) is 2.85. The summed E-state index contributed by atoms with van der Waals surface area (Å²) in [4.78, 5) is 22.1. The summed E-state index contributed by atoms with van der Waals surface area (Å²) in [6, 6.07) is 12.7. The fourth-order valence-corrected chi connectivity index (χ4v) is 3.65. The maximum absolute atomic E-state index is 11.2. The zero-order valence-electron chi connectivity index (χ0n) is 10.7. The molecule has 3 aromatic rings.